The lowest BCUT2D eigenvalue weighted by atomic mass is 10.2. The van der Waals surface area contributed by atoms with Crippen LogP contribution in [0.25, 0.3) is 56.1 Å². The molecule has 0 N–H and O–H groups in total. The van der Waals surface area contributed by atoms with Gasteiger partial charge in [-0.15, -0.1) is 0 Å². The fraction of sp³-hybridized carbons (Fsp3) is 0. The van der Waals surface area contributed by atoms with E-state index in [-0.39, 0.29) is 0 Å². The van der Waals surface area contributed by atoms with Gasteiger partial charge >= 0.3 is 0 Å². The molecule has 2 aromatic carbocycles. The van der Waals surface area contributed by atoms with Crippen LogP contribution in [0.4, 0.5) is 0 Å². The van der Waals surface area contributed by atoms with Gasteiger partial charge in [-0.3, -0.25) is 19.1 Å². The molecule has 0 saturated carbocycles. The number of benzene rings is 2. The molecule has 0 bridgehead atoms. The maximum atomic E-state index is 4.97. The number of pyridine rings is 3. The zero-order valence-electron chi connectivity index (χ0n) is 19.2. The Bertz CT molecular complexity index is 1760. The molecule has 0 saturated heterocycles. The van der Waals surface area contributed by atoms with E-state index in [4.69, 9.17) is 9.97 Å². The number of rotatable bonds is 4. The van der Waals surface area contributed by atoms with E-state index < -0.39 is 0 Å². The van der Waals surface area contributed by atoms with Crippen molar-refractivity contribution in [3.63, 3.8) is 0 Å². The van der Waals surface area contributed by atoms with Crippen LogP contribution in [0.3, 0.4) is 0 Å². The summed E-state index contributed by atoms with van der Waals surface area (Å²) in [6, 6.07) is 30.8. The summed E-state index contributed by atoms with van der Waals surface area (Å²) >= 11 is 0. The van der Waals surface area contributed by atoms with Crippen LogP contribution < -0.4 is 0 Å². The number of para-hydroxylation sites is 1. The molecular weight excluding hydrogens is 444 g/mol. The fourth-order valence-electron chi connectivity index (χ4n) is 4.73. The summed E-state index contributed by atoms with van der Waals surface area (Å²) in [6.45, 7) is 0. The monoisotopic (exact) mass is 464 g/mol. The largest absolute Gasteiger partial charge is 0.298 e. The van der Waals surface area contributed by atoms with E-state index in [1.807, 2.05) is 55.0 Å². The molecule has 6 heteroatoms. The van der Waals surface area contributed by atoms with Crippen molar-refractivity contribution in [2.24, 2.45) is 0 Å². The van der Waals surface area contributed by atoms with E-state index in [9.17, 15) is 0 Å². The first-order valence-electron chi connectivity index (χ1n) is 11.7. The second-order valence-electron chi connectivity index (χ2n) is 8.52. The van der Waals surface area contributed by atoms with Gasteiger partial charge in [0.1, 0.15) is 17.2 Å². The molecule has 170 valence electrons. The number of nitrogens with zero attached hydrogens (tertiary/aromatic N) is 6. The summed E-state index contributed by atoms with van der Waals surface area (Å²) in [5, 5.41) is 2.33. The van der Waals surface area contributed by atoms with Crippen LogP contribution in [-0.4, -0.2) is 29.1 Å². The molecule has 0 unspecified atom stereocenters. The van der Waals surface area contributed by atoms with Gasteiger partial charge in [0.15, 0.2) is 0 Å². The number of hydrogen-bond donors (Lipinski definition) is 0. The Hall–Kier alpha value is -5.10. The zero-order valence-corrected chi connectivity index (χ0v) is 19.2. The van der Waals surface area contributed by atoms with Gasteiger partial charge in [0.05, 0.1) is 23.1 Å². The van der Waals surface area contributed by atoms with E-state index in [1.165, 1.54) is 5.39 Å². The molecule has 36 heavy (non-hydrogen) atoms. The van der Waals surface area contributed by atoms with Gasteiger partial charge in [-0.05, 0) is 66.7 Å². The third kappa shape index (κ3) is 3.27. The number of imidazole rings is 1. The van der Waals surface area contributed by atoms with E-state index in [0.29, 0.717) is 0 Å². The average Bonchev–Trinajstić information content (AvgIpc) is 3.55. The number of hydrogen-bond acceptors (Lipinski definition) is 4. The summed E-state index contributed by atoms with van der Waals surface area (Å²) in [7, 11) is 0. The Kier molecular flexibility index (Phi) is 4.67. The number of fused-ring (bicyclic) bond motifs is 3. The van der Waals surface area contributed by atoms with Crippen molar-refractivity contribution in [1.82, 2.24) is 29.1 Å². The highest BCUT2D eigenvalue weighted by molar-refractivity contribution is 6.07. The molecule has 5 aromatic heterocycles. The van der Waals surface area contributed by atoms with Crippen molar-refractivity contribution < 1.29 is 0 Å². The predicted octanol–water partition coefficient (Wildman–Crippen LogP) is 6.49. The van der Waals surface area contributed by atoms with Crippen molar-refractivity contribution in [3.8, 4) is 34.2 Å². The number of aromatic nitrogens is 6. The molecular formula is C30H20N6. The third-order valence-electron chi connectivity index (χ3n) is 6.37. The van der Waals surface area contributed by atoms with Crippen molar-refractivity contribution >= 4 is 21.9 Å². The lowest BCUT2D eigenvalue weighted by molar-refractivity contribution is 1.05. The molecule has 5 heterocycles. The highest BCUT2D eigenvalue weighted by atomic mass is 15.1. The molecule has 0 spiro atoms. The maximum absolute atomic E-state index is 4.97. The molecule has 7 rings (SSSR count). The SMILES string of the molecule is c1ccc(-c2cn(-c3cccnc3)c(-c3ccc(-n4c5ccccc5c5cccnc54)cc3)n2)nc1. The Morgan fingerprint density at radius 2 is 1.39 bits per heavy atom. The van der Waals surface area contributed by atoms with E-state index in [0.717, 1.165) is 50.7 Å². The molecule has 0 amide bonds. The summed E-state index contributed by atoms with van der Waals surface area (Å²) < 4.78 is 4.27. The lowest BCUT2D eigenvalue weighted by Gasteiger charge is -2.10. The average molecular weight is 465 g/mol. The first kappa shape index (κ1) is 20.3. The van der Waals surface area contributed by atoms with Crippen molar-refractivity contribution in [3.05, 3.63) is 122 Å². The third-order valence-corrected chi connectivity index (χ3v) is 6.37. The zero-order chi connectivity index (χ0) is 23.9. The molecule has 0 aliphatic carbocycles. The van der Waals surface area contributed by atoms with Gasteiger partial charge in [-0.2, -0.15) is 0 Å². The van der Waals surface area contributed by atoms with Crippen LogP contribution in [0.2, 0.25) is 0 Å². The predicted molar refractivity (Wildman–Crippen MR) is 142 cm³/mol. The quantitative estimate of drug-likeness (QED) is 0.299. The van der Waals surface area contributed by atoms with Crippen molar-refractivity contribution in [2.45, 2.75) is 0 Å². The fourth-order valence-corrected chi connectivity index (χ4v) is 4.73. The molecule has 0 fully saturated rings. The van der Waals surface area contributed by atoms with Crippen LogP contribution in [-0.2, 0) is 0 Å². The highest BCUT2D eigenvalue weighted by Gasteiger charge is 2.16. The van der Waals surface area contributed by atoms with Gasteiger partial charge in [-0.1, -0.05) is 24.3 Å². The molecule has 7 aromatic rings. The van der Waals surface area contributed by atoms with E-state index >= 15 is 0 Å². The van der Waals surface area contributed by atoms with Crippen molar-refractivity contribution in [2.75, 3.05) is 0 Å². The Labute approximate surface area is 207 Å². The minimum Gasteiger partial charge on any atom is -0.298 e. The van der Waals surface area contributed by atoms with E-state index in [1.54, 1.807) is 12.4 Å². The molecule has 6 nitrogen and oxygen atoms in total. The Morgan fingerprint density at radius 1 is 0.583 bits per heavy atom. The second kappa shape index (κ2) is 8.29. The minimum atomic E-state index is 0.810. The van der Waals surface area contributed by atoms with Crippen LogP contribution >= 0.6 is 0 Å². The molecule has 0 aliphatic rings. The van der Waals surface area contributed by atoms with Gasteiger partial charge < -0.3 is 0 Å². The summed E-state index contributed by atoms with van der Waals surface area (Å²) in [6.07, 6.45) is 9.25. The highest BCUT2D eigenvalue weighted by Crippen LogP contribution is 2.32. The molecule has 0 atom stereocenters. The van der Waals surface area contributed by atoms with Gasteiger partial charge in [-0.25, -0.2) is 9.97 Å². The Balaban J connectivity index is 1.38. The maximum Gasteiger partial charge on any atom is 0.145 e. The van der Waals surface area contributed by atoms with Gasteiger partial charge in [0, 0.05) is 46.8 Å². The second-order valence-corrected chi connectivity index (χ2v) is 8.52. The van der Waals surface area contributed by atoms with E-state index in [2.05, 4.69) is 73.7 Å². The summed E-state index contributed by atoms with van der Waals surface area (Å²) in [5.41, 5.74) is 6.71. The standard InChI is InChI=1S/C30H20N6/c1-2-11-28-24(8-1)25-9-6-18-33-30(25)36(28)22-14-12-21(13-15-22)29-34-27(26-10-3-4-17-32-26)20-35(29)23-7-5-16-31-19-23/h1-20H. The smallest absolute Gasteiger partial charge is 0.145 e. The van der Waals surface area contributed by atoms with Crippen LogP contribution in [0.1, 0.15) is 0 Å². The Morgan fingerprint density at radius 3 is 2.22 bits per heavy atom. The lowest BCUT2D eigenvalue weighted by Crippen LogP contribution is -1.98. The minimum absolute atomic E-state index is 0.810. The molecule has 0 aliphatic heterocycles. The van der Waals surface area contributed by atoms with Gasteiger partial charge in [0.25, 0.3) is 0 Å². The van der Waals surface area contributed by atoms with Gasteiger partial charge in [0.2, 0.25) is 0 Å². The first-order valence-corrected chi connectivity index (χ1v) is 11.7. The molecule has 0 radical (unpaired) electrons. The van der Waals surface area contributed by atoms with Crippen LogP contribution in [0.15, 0.2) is 122 Å². The van der Waals surface area contributed by atoms with Crippen LogP contribution in [0, 0.1) is 0 Å². The first-order chi connectivity index (χ1) is 17.9. The normalized spacial score (nSPS) is 11.3. The summed E-state index contributed by atoms with van der Waals surface area (Å²) in [5.74, 6) is 0.829. The van der Waals surface area contributed by atoms with Crippen LogP contribution in [0.5, 0.6) is 0 Å². The summed E-state index contributed by atoms with van der Waals surface area (Å²) in [4.78, 5) is 18.5. The topological polar surface area (TPSA) is 61.4 Å². The van der Waals surface area contributed by atoms with Crippen molar-refractivity contribution in [1.29, 1.82) is 0 Å².